The summed E-state index contributed by atoms with van der Waals surface area (Å²) in [4.78, 5) is 5.80. The molecule has 15 heavy (non-hydrogen) atoms. The van der Waals surface area contributed by atoms with Gasteiger partial charge in [-0.1, -0.05) is 13.8 Å². The van der Waals surface area contributed by atoms with Crippen molar-refractivity contribution in [3.63, 3.8) is 0 Å². The molecular weight excluding hydrogens is 204 g/mol. The van der Waals surface area contributed by atoms with Gasteiger partial charge in [0.05, 0.1) is 0 Å². The molecule has 1 aliphatic carbocycles. The van der Waals surface area contributed by atoms with Crippen LogP contribution in [0, 0.1) is 5.41 Å². The summed E-state index contributed by atoms with van der Waals surface area (Å²) in [5.74, 6) is 0. The summed E-state index contributed by atoms with van der Waals surface area (Å²) in [5, 5.41) is 4.81. The predicted octanol–water partition coefficient (Wildman–Crippen LogP) is 2.98. The van der Waals surface area contributed by atoms with E-state index in [1.54, 1.807) is 0 Å². The lowest BCUT2D eigenvalue weighted by molar-refractivity contribution is 0.379. The van der Waals surface area contributed by atoms with E-state index in [1.807, 2.05) is 17.5 Å². The molecule has 2 nitrogen and oxygen atoms in total. The maximum Gasteiger partial charge on any atom is 0.107 e. The minimum Gasteiger partial charge on any atom is -0.307 e. The van der Waals surface area contributed by atoms with Crippen LogP contribution >= 0.6 is 11.3 Å². The van der Waals surface area contributed by atoms with Gasteiger partial charge >= 0.3 is 0 Å². The maximum atomic E-state index is 4.42. The van der Waals surface area contributed by atoms with Crippen LogP contribution in [0.2, 0.25) is 0 Å². The number of nitrogens with zero attached hydrogens (tertiary/aromatic N) is 1. The minimum atomic E-state index is 0.560. The van der Waals surface area contributed by atoms with E-state index in [0.29, 0.717) is 11.5 Å². The van der Waals surface area contributed by atoms with Crippen molar-refractivity contribution in [2.45, 2.75) is 52.6 Å². The number of aryl methyl sites for hydroxylation is 1. The number of thiazole rings is 1. The molecule has 1 atom stereocenters. The molecule has 1 N–H and O–H groups in total. The van der Waals surface area contributed by atoms with Gasteiger partial charge in [-0.25, -0.2) is 4.98 Å². The minimum absolute atomic E-state index is 0.560. The molecule has 1 fully saturated rings. The van der Waals surface area contributed by atoms with Crippen molar-refractivity contribution in [2.75, 3.05) is 0 Å². The van der Waals surface area contributed by atoms with Crippen LogP contribution in [-0.4, -0.2) is 11.0 Å². The summed E-state index contributed by atoms with van der Waals surface area (Å²) < 4.78 is 0. The Labute approximate surface area is 96.1 Å². The molecule has 2 rings (SSSR count). The molecule has 0 amide bonds. The highest BCUT2D eigenvalue weighted by Crippen LogP contribution is 2.47. The summed E-state index contributed by atoms with van der Waals surface area (Å²) in [6.07, 6.45) is 5.86. The molecule has 1 aromatic heterocycles. The second-order valence-corrected chi connectivity index (χ2v) is 6.03. The summed E-state index contributed by atoms with van der Waals surface area (Å²) in [6, 6.07) is 0.617. The molecule has 1 aromatic rings. The molecule has 0 spiro atoms. The highest BCUT2D eigenvalue weighted by Gasteiger charge is 2.42. The second kappa shape index (κ2) is 4.22. The van der Waals surface area contributed by atoms with E-state index in [0.717, 1.165) is 13.0 Å². The van der Waals surface area contributed by atoms with Crippen molar-refractivity contribution in [3.05, 3.63) is 16.1 Å². The van der Waals surface area contributed by atoms with Gasteiger partial charge in [0.15, 0.2) is 0 Å². The van der Waals surface area contributed by atoms with Gasteiger partial charge < -0.3 is 5.32 Å². The molecule has 0 saturated heterocycles. The number of nitrogens with one attached hydrogen (secondary N) is 1. The fourth-order valence-electron chi connectivity index (χ4n) is 1.71. The van der Waals surface area contributed by atoms with Crippen LogP contribution in [0.5, 0.6) is 0 Å². The van der Waals surface area contributed by atoms with E-state index in [9.17, 15) is 0 Å². The average molecular weight is 224 g/mol. The largest absolute Gasteiger partial charge is 0.307 e. The van der Waals surface area contributed by atoms with Crippen molar-refractivity contribution in [1.82, 2.24) is 10.3 Å². The molecule has 1 aliphatic rings. The van der Waals surface area contributed by atoms with Gasteiger partial charge in [-0.05, 0) is 31.6 Å². The van der Waals surface area contributed by atoms with Crippen LogP contribution in [0.4, 0.5) is 0 Å². The van der Waals surface area contributed by atoms with Crippen LogP contribution < -0.4 is 5.32 Å². The van der Waals surface area contributed by atoms with E-state index in [-0.39, 0.29) is 0 Å². The molecule has 0 aromatic carbocycles. The predicted molar refractivity (Wildman–Crippen MR) is 65.1 cm³/mol. The highest BCUT2D eigenvalue weighted by molar-refractivity contribution is 7.11. The summed E-state index contributed by atoms with van der Waals surface area (Å²) in [6.45, 7) is 7.77. The van der Waals surface area contributed by atoms with E-state index < -0.39 is 0 Å². The van der Waals surface area contributed by atoms with E-state index in [1.165, 1.54) is 22.7 Å². The summed E-state index contributed by atoms with van der Waals surface area (Å²) in [5.41, 5.74) is 0.560. The normalized spacial score (nSPS) is 20.2. The van der Waals surface area contributed by atoms with Gasteiger partial charge in [0.2, 0.25) is 0 Å². The van der Waals surface area contributed by atoms with E-state index >= 15 is 0 Å². The monoisotopic (exact) mass is 224 g/mol. The van der Waals surface area contributed by atoms with Crippen molar-refractivity contribution in [2.24, 2.45) is 5.41 Å². The fraction of sp³-hybridized carbons (Fsp3) is 0.750. The van der Waals surface area contributed by atoms with Gasteiger partial charge in [-0.15, -0.1) is 11.3 Å². The molecule has 0 radical (unpaired) electrons. The number of aromatic nitrogens is 1. The van der Waals surface area contributed by atoms with Crippen molar-refractivity contribution < 1.29 is 0 Å². The first-order valence-electron chi connectivity index (χ1n) is 5.81. The zero-order chi connectivity index (χ0) is 10.9. The molecule has 0 aliphatic heterocycles. The third kappa shape index (κ3) is 2.58. The smallest absolute Gasteiger partial charge is 0.107 e. The summed E-state index contributed by atoms with van der Waals surface area (Å²) >= 11 is 1.83. The van der Waals surface area contributed by atoms with Crippen LogP contribution in [0.15, 0.2) is 6.20 Å². The standard InChI is InChI=1S/C12H20N2S/c1-4-10-7-14-11(15-10)8-13-9(2)12(3)5-6-12/h7,9,13H,4-6,8H2,1-3H3. The lowest BCUT2D eigenvalue weighted by Gasteiger charge is -2.19. The molecule has 1 heterocycles. The highest BCUT2D eigenvalue weighted by atomic mass is 32.1. The van der Waals surface area contributed by atoms with Crippen LogP contribution in [0.1, 0.15) is 43.5 Å². The average Bonchev–Trinajstić information content (AvgIpc) is 2.83. The lowest BCUT2D eigenvalue weighted by atomic mass is 10.0. The van der Waals surface area contributed by atoms with Crippen LogP contribution in [0.25, 0.3) is 0 Å². The zero-order valence-electron chi connectivity index (χ0n) is 9.84. The maximum absolute atomic E-state index is 4.42. The van der Waals surface area contributed by atoms with E-state index in [4.69, 9.17) is 0 Å². The Morgan fingerprint density at radius 3 is 2.87 bits per heavy atom. The molecule has 0 bridgehead atoms. The Kier molecular flexibility index (Phi) is 3.12. The van der Waals surface area contributed by atoms with Crippen LogP contribution in [-0.2, 0) is 13.0 Å². The number of hydrogen-bond donors (Lipinski definition) is 1. The Morgan fingerprint density at radius 1 is 1.60 bits per heavy atom. The second-order valence-electron chi connectivity index (χ2n) is 4.83. The SMILES string of the molecule is CCc1cnc(CNC(C)C2(C)CC2)s1. The quantitative estimate of drug-likeness (QED) is 0.831. The van der Waals surface area contributed by atoms with Gasteiger partial charge in [-0.2, -0.15) is 0 Å². The third-order valence-electron chi connectivity index (χ3n) is 3.59. The fourth-order valence-corrected chi connectivity index (χ4v) is 2.52. The van der Waals surface area contributed by atoms with Crippen LogP contribution in [0.3, 0.4) is 0 Å². The van der Waals surface area contributed by atoms with Crippen molar-refractivity contribution in [3.8, 4) is 0 Å². The summed E-state index contributed by atoms with van der Waals surface area (Å²) in [7, 11) is 0. The first-order valence-corrected chi connectivity index (χ1v) is 6.62. The lowest BCUT2D eigenvalue weighted by Crippen LogP contribution is -2.32. The molecule has 84 valence electrons. The topological polar surface area (TPSA) is 24.9 Å². The van der Waals surface area contributed by atoms with Crippen molar-refractivity contribution >= 4 is 11.3 Å². The zero-order valence-corrected chi connectivity index (χ0v) is 10.7. The van der Waals surface area contributed by atoms with Gasteiger partial charge in [-0.3, -0.25) is 0 Å². The van der Waals surface area contributed by atoms with E-state index in [2.05, 4.69) is 31.1 Å². The number of hydrogen-bond acceptors (Lipinski definition) is 3. The molecular formula is C12H20N2S. The van der Waals surface area contributed by atoms with Gasteiger partial charge in [0.1, 0.15) is 5.01 Å². The van der Waals surface area contributed by atoms with Gasteiger partial charge in [0.25, 0.3) is 0 Å². The number of rotatable bonds is 5. The van der Waals surface area contributed by atoms with Crippen molar-refractivity contribution in [1.29, 1.82) is 0 Å². The first-order chi connectivity index (χ1) is 7.14. The molecule has 3 heteroatoms. The molecule has 1 unspecified atom stereocenters. The Hall–Kier alpha value is -0.410. The third-order valence-corrected chi connectivity index (χ3v) is 4.74. The Balaban J connectivity index is 1.82. The Morgan fingerprint density at radius 2 is 2.33 bits per heavy atom. The van der Waals surface area contributed by atoms with Gasteiger partial charge in [0, 0.05) is 23.7 Å². The first kappa shape index (κ1) is 11.1. The Bertz CT molecular complexity index is 328. The molecule has 1 saturated carbocycles.